The summed E-state index contributed by atoms with van der Waals surface area (Å²) in [7, 11) is 1.63. The minimum absolute atomic E-state index is 0.112. The third-order valence-corrected chi connectivity index (χ3v) is 3.54. The van der Waals surface area contributed by atoms with E-state index >= 15 is 0 Å². The summed E-state index contributed by atoms with van der Waals surface area (Å²) in [5.41, 5.74) is 0.565. The lowest BCUT2D eigenvalue weighted by Gasteiger charge is -2.02. The molecule has 0 atom stereocenters. The van der Waals surface area contributed by atoms with E-state index in [2.05, 4.69) is 5.10 Å². The van der Waals surface area contributed by atoms with Gasteiger partial charge in [-0.25, -0.2) is 8.42 Å². The van der Waals surface area contributed by atoms with E-state index in [0.29, 0.717) is 12.1 Å². The van der Waals surface area contributed by atoms with Crippen molar-refractivity contribution in [2.75, 3.05) is 0 Å². The molecule has 0 saturated carbocycles. The number of hydrogen-bond acceptors (Lipinski definition) is 3. The van der Waals surface area contributed by atoms with Crippen LogP contribution in [0.4, 0.5) is 0 Å². The van der Waals surface area contributed by atoms with Gasteiger partial charge in [-0.05, 0) is 13.0 Å². The first-order valence-corrected chi connectivity index (χ1v) is 6.74. The molecule has 0 aliphatic heterocycles. The van der Waals surface area contributed by atoms with Crippen molar-refractivity contribution >= 4 is 30.6 Å². The predicted octanol–water partition coefficient (Wildman–Crippen LogP) is 1.98. The number of para-hydroxylation sites is 1. The minimum Gasteiger partial charge on any atom is -0.264 e. The Hall–Kier alpha value is -1.07. The highest BCUT2D eigenvalue weighted by molar-refractivity contribution is 8.14. The summed E-state index contributed by atoms with van der Waals surface area (Å²) in [6, 6.07) is 4.94. The zero-order valence-corrected chi connectivity index (χ0v) is 9.59. The number of benzene rings is 1. The molecule has 4 nitrogen and oxygen atoms in total. The van der Waals surface area contributed by atoms with Crippen molar-refractivity contribution in [2.45, 2.75) is 18.4 Å². The van der Waals surface area contributed by atoms with Gasteiger partial charge in [0.05, 0.1) is 11.7 Å². The summed E-state index contributed by atoms with van der Waals surface area (Å²) in [5, 5.41) is 4.86. The predicted molar refractivity (Wildman–Crippen MR) is 58.4 cm³/mol. The molecule has 1 aromatic heterocycles. The van der Waals surface area contributed by atoms with Crippen LogP contribution in [0, 0.1) is 0 Å². The normalized spacial score (nSPS) is 12.1. The smallest absolute Gasteiger partial charge is 0.263 e. The molecule has 6 heteroatoms. The monoisotopic (exact) mass is 244 g/mol. The van der Waals surface area contributed by atoms with Crippen molar-refractivity contribution in [3.8, 4) is 0 Å². The molecule has 0 amide bonds. The Balaban J connectivity index is 2.90. The molecule has 80 valence electrons. The topological polar surface area (TPSA) is 52.0 Å². The molecule has 0 spiro atoms. The average molecular weight is 245 g/mol. The summed E-state index contributed by atoms with van der Waals surface area (Å²) in [5.74, 6) is 0. The molecule has 15 heavy (non-hydrogen) atoms. The Morgan fingerprint density at radius 2 is 2.20 bits per heavy atom. The van der Waals surface area contributed by atoms with Gasteiger partial charge >= 0.3 is 0 Å². The molecule has 1 aromatic carbocycles. The number of nitrogens with zero attached hydrogens (tertiary/aromatic N) is 2. The van der Waals surface area contributed by atoms with Crippen LogP contribution in [0.2, 0.25) is 0 Å². The highest BCUT2D eigenvalue weighted by Gasteiger charge is 2.16. The first-order valence-electron chi connectivity index (χ1n) is 4.43. The number of aryl methyl sites for hydroxylation is 1. The molecule has 0 radical (unpaired) electrons. The van der Waals surface area contributed by atoms with E-state index in [1.54, 1.807) is 23.0 Å². The summed E-state index contributed by atoms with van der Waals surface area (Å²) < 4.78 is 24.3. The summed E-state index contributed by atoms with van der Waals surface area (Å²) in [4.78, 5) is 0.112. The maximum atomic E-state index is 11.3. The maximum Gasteiger partial charge on any atom is 0.263 e. The molecule has 0 N–H and O–H groups in total. The van der Waals surface area contributed by atoms with E-state index in [1.165, 1.54) is 6.07 Å². The lowest BCUT2D eigenvalue weighted by atomic mass is 10.2. The van der Waals surface area contributed by atoms with Crippen LogP contribution in [0.1, 0.15) is 6.92 Å². The van der Waals surface area contributed by atoms with E-state index in [-0.39, 0.29) is 4.90 Å². The van der Waals surface area contributed by atoms with Gasteiger partial charge in [0.25, 0.3) is 9.05 Å². The zero-order chi connectivity index (χ0) is 11.1. The Bertz CT molecular complexity index is 604. The van der Waals surface area contributed by atoms with Crippen molar-refractivity contribution < 1.29 is 8.42 Å². The maximum absolute atomic E-state index is 11.3. The van der Waals surface area contributed by atoms with E-state index in [0.717, 1.165) is 5.39 Å². The van der Waals surface area contributed by atoms with E-state index in [9.17, 15) is 8.42 Å². The molecule has 0 fully saturated rings. The van der Waals surface area contributed by atoms with Crippen LogP contribution in [0.15, 0.2) is 29.3 Å². The molecule has 0 aliphatic rings. The van der Waals surface area contributed by atoms with Gasteiger partial charge in [0.1, 0.15) is 4.90 Å². The third-order valence-electron chi connectivity index (χ3n) is 2.19. The van der Waals surface area contributed by atoms with Crippen molar-refractivity contribution in [1.82, 2.24) is 9.78 Å². The molecule has 2 rings (SSSR count). The van der Waals surface area contributed by atoms with Crippen LogP contribution in [-0.2, 0) is 15.6 Å². The molecule has 0 unspecified atom stereocenters. The van der Waals surface area contributed by atoms with Crippen molar-refractivity contribution in [2.24, 2.45) is 0 Å². The largest absolute Gasteiger partial charge is 0.264 e. The van der Waals surface area contributed by atoms with Gasteiger partial charge in [-0.15, -0.1) is 0 Å². The summed E-state index contributed by atoms with van der Waals surface area (Å²) >= 11 is 0. The van der Waals surface area contributed by atoms with E-state index in [4.69, 9.17) is 10.7 Å². The number of halogens is 1. The molecule has 1 heterocycles. The van der Waals surface area contributed by atoms with Crippen LogP contribution in [0.25, 0.3) is 10.9 Å². The van der Waals surface area contributed by atoms with Crippen LogP contribution in [0.3, 0.4) is 0 Å². The van der Waals surface area contributed by atoms with Crippen molar-refractivity contribution in [3.05, 3.63) is 24.4 Å². The van der Waals surface area contributed by atoms with Gasteiger partial charge in [-0.2, -0.15) is 5.10 Å². The standard InChI is InChI=1S/C9H9ClN2O2S/c1-2-12-9-7(6-11-12)4-3-5-8(9)15(10,13)14/h3-6H,2H2,1H3. The highest BCUT2D eigenvalue weighted by atomic mass is 35.7. The Morgan fingerprint density at radius 3 is 2.80 bits per heavy atom. The van der Waals surface area contributed by atoms with Gasteiger partial charge in [-0.3, -0.25) is 4.68 Å². The van der Waals surface area contributed by atoms with Gasteiger partial charge in [0.15, 0.2) is 0 Å². The van der Waals surface area contributed by atoms with Crippen molar-refractivity contribution in [3.63, 3.8) is 0 Å². The minimum atomic E-state index is -3.72. The molecular weight excluding hydrogens is 236 g/mol. The molecular formula is C9H9ClN2O2S. The quantitative estimate of drug-likeness (QED) is 0.759. The third kappa shape index (κ3) is 1.72. The fraction of sp³-hybridized carbons (Fsp3) is 0.222. The molecule has 2 aromatic rings. The second-order valence-corrected chi connectivity index (χ2v) is 5.63. The number of fused-ring (bicyclic) bond motifs is 1. The lowest BCUT2D eigenvalue weighted by Crippen LogP contribution is -2.00. The Morgan fingerprint density at radius 1 is 1.47 bits per heavy atom. The van der Waals surface area contributed by atoms with Gasteiger partial charge in [-0.1, -0.05) is 12.1 Å². The van der Waals surface area contributed by atoms with Gasteiger partial charge < -0.3 is 0 Å². The Kier molecular flexibility index (Phi) is 2.44. The van der Waals surface area contributed by atoms with Crippen LogP contribution >= 0.6 is 10.7 Å². The van der Waals surface area contributed by atoms with Crippen LogP contribution in [-0.4, -0.2) is 18.2 Å². The van der Waals surface area contributed by atoms with Crippen LogP contribution in [0.5, 0.6) is 0 Å². The summed E-state index contributed by atoms with van der Waals surface area (Å²) in [6.07, 6.45) is 1.63. The highest BCUT2D eigenvalue weighted by Crippen LogP contribution is 2.25. The average Bonchev–Trinajstić information content (AvgIpc) is 2.58. The van der Waals surface area contributed by atoms with E-state index < -0.39 is 9.05 Å². The fourth-order valence-electron chi connectivity index (χ4n) is 1.55. The SMILES string of the molecule is CCn1ncc2cccc(S(=O)(=O)Cl)c21. The first-order chi connectivity index (χ1) is 7.04. The lowest BCUT2D eigenvalue weighted by molar-refractivity contribution is 0.608. The molecule has 0 bridgehead atoms. The van der Waals surface area contributed by atoms with Gasteiger partial charge in [0.2, 0.25) is 0 Å². The summed E-state index contributed by atoms with van der Waals surface area (Å²) in [6.45, 7) is 2.50. The van der Waals surface area contributed by atoms with E-state index in [1.807, 2.05) is 6.92 Å². The Labute approximate surface area is 91.9 Å². The fourth-order valence-corrected chi connectivity index (χ4v) is 2.61. The number of rotatable bonds is 2. The molecule has 0 saturated heterocycles. The van der Waals surface area contributed by atoms with Crippen molar-refractivity contribution in [1.29, 1.82) is 0 Å². The second kappa shape index (κ2) is 3.50. The second-order valence-electron chi connectivity index (χ2n) is 3.09. The van der Waals surface area contributed by atoms with Crippen LogP contribution < -0.4 is 0 Å². The zero-order valence-electron chi connectivity index (χ0n) is 8.01. The van der Waals surface area contributed by atoms with Gasteiger partial charge in [0, 0.05) is 22.6 Å². The first kappa shape index (κ1) is 10.4. The number of hydrogen-bond donors (Lipinski definition) is 0. The number of aromatic nitrogens is 2. The molecule has 0 aliphatic carbocycles.